The summed E-state index contributed by atoms with van der Waals surface area (Å²) < 4.78 is 0. The van der Waals surface area contributed by atoms with Crippen LogP contribution in [0.4, 0.5) is 5.82 Å². The molecule has 0 atom stereocenters. The third-order valence-corrected chi connectivity index (χ3v) is 2.29. The number of hydrogen-bond acceptors (Lipinski definition) is 3. The molecule has 1 aromatic rings. The van der Waals surface area contributed by atoms with E-state index in [2.05, 4.69) is 18.8 Å². The van der Waals surface area contributed by atoms with Crippen molar-refractivity contribution in [2.75, 3.05) is 11.9 Å². The van der Waals surface area contributed by atoms with E-state index in [-0.39, 0.29) is 5.78 Å². The molecule has 0 N–H and O–H groups in total. The minimum absolute atomic E-state index is 0.0748. The molecule has 0 radical (unpaired) electrons. The third-order valence-electron chi connectivity index (χ3n) is 2.29. The lowest BCUT2D eigenvalue weighted by molar-refractivity contribution is 0.101. The topological polar surface area (TPSA) is 33.2 Å². The fourth-order valence-electron chi connectivity index (χ4n) is 1.09. The van der Waals surface area contributed by atoms with Gasteiger partial charge < -0.3 is 4.90 Å². The first-order valence-electron chi connectivity index (χ1n) is 4.72. The number of pyridine rings is 1. The molecule has 76 valence electrons. The van der Waals surface area contributed by atoms with E-state index in [0.29, 0.717) is 11.6 Å². The molecule has 0 aromatic carbocycles. The van der Waals surface area contributed by atoms with Crippen molar-refractivity contribution in [1.29, 1.82) is 0 Å². The number of nitrogens with zero attached hydrogens (tertiary/aromatic N) is 2. The highest BCUT2D eigenvalue weighted by atomic mass is 16.1. The zero-order valence-corrected chi connectivity index (χ0v) is 9.11. The van der Waals surface area contributed by atoms with Gasteiger partial charge in [0.25, 0.3) is 0 Å². The summed E-state index contributed by atoms with van der Waals surface area (Å²) in [6.45, 7) is 5.73. The number of carbonyl (C=O) groups is 1. The zero-order valence-electron chi connectivity index (χ0n) is 9.11. The van der Waals surface area contributed by atoms with Crippen LogP contribution in [-0.4, -0.2) is 23.9 Å². The van der Waals surface area contributed by atoms with E-state index in [1.807, 2.05) is 18.0 Å². The first-order chi connectivity index (χ1) is 6.52. The summed E-state index contributed by atoms with van der Waals surface area (Å²) in [7, 11) is 1.97. The molecule has 0 aliphatic carbocycles. The maximum atomic E-state index is 11.1. The van der Waals surface area contributed by atoms with Crippen LogP contribution < -0.4 is 4.90 Å². The van der Waals surface area contributed by atoms with Gasteiger partial charge in [0.15, 0.2) is 5.78 Å². The molecule has 0 fully saturated rings. The molecule has 3 heteroatoms. The van der Waals surface area contributed by atoms with Gasteiger partial charge in [-0.15, -0.1) is 0 Å². The molecule has 0 saturated carbocycles. The van der Waals surface area contributed by atoms with Gasteiger partial charge in [0.05, 0.1) is 0 Å². The average molecular weight is 192 g/mol. The molecule has 0 aliphatic heterocycles. The van der Waals surface area contributed by atoms with Crippen molar-refractivity contribution in [2.24, 2.45) is 0 Å². The largest absolute Gasteiger partial charge is 0.357 e. The van der Waals surface area contributed by atoms with Gasteiger partial charge in [-0.1, -0.05) is 0 Å². The Morgan fingerprint density at radius 2 is 2.14 bits per heavy atom. The van der Waals surface area contributed by atoms with Crippen molar-refractivity contribution < 1.29 is 4.79 Å². The van der Waals surface area contributed by atoms with E-state index in [4.69, 9.17) is 0 Å². The van der Waals surface area contributed by atoms with E-state index in [1.165, 1.54) is 0 Å². The van der Waals surface area contributed by atoms with Crippen molar-refractivity contribution in [1.82, 2.24) is 4.98 Å². The molecular formula is C11H16N2O. The highest BCUT2D eigenvalue weighted by Gasteiger charge is 2.07. The molecule has 14 heavy (non-hydrogen) atoms. The molecule has 0 spiro atoms. The number of aromatic nitrogens is 1. The summed E-state index contributed by atoms with van der Waals surface area (Å²) in [6.07, 6.45) is 1.67. The van der Waals surface area contributed by atoms with Crippen molar-refractivity contribution in [3.8, 4) is 0 Å². The number of carbonyl (C=O) groups excluding carboxylic acids is 1. The predicted octanol–water partition coefficient (Wildman–Crippen LogP) is 2.13. The lowest BCUT2D eigenvalue weighted by Crippen LogP contribution is -2.26. The maximum absolute atomic E-state index is 11.1. The Morgan fingerprint density at radius 3 is 2.64 bits per heavy atom. The van der Waals surface area contributed by atoms with Crippen LogP contribution in [0.2, 0.25) is 0 Å². The van der Waals surface area contributed by atoms with E-state index >= 15 is 0 Å². The quantitative estimate of drug-likeness (QED) is 0.688. The van der Waals surface area contributed by atoms with Crippen LogP contribution in [0.25, 0.3) is 0 Å². The molecule has 0 amide bonds. The highest BCUT2D eigenvalue weighted by Crippen LogP contribution is 2.13. The Bertz CT molecular complexity index is 334. The Hall–Kier alpha value is -1.38. The van der Waals surface area contributed by atoms with Gasteiger partial charge in [-0.2, -0.15) is 0 Å². The van der Waals surface area contributed by atoms with Crippen LogP contribution in [0.1, 0.15) is 31.1 Å². The maximum Gasteiger partial charge on any atom is 0.159 e. The molecule has 0 bridgehead atoms. The second kappa shape index (κ2) is 4.22. The fraction of sp³-hybridized carbons (Fsp3) is 0.455. The Morgan fingerprint density at radius 1 is 1.50 bits per heavy atom. The molecule has 0 saturated heterocycles. The standard InChI is InChI=1S/C11H16N2O/c1-8(2)13(4)11-7-10(9(3)14)5-6-12-11/h5-8H,1-4H3. The number of anilines is 1. The van der Waals surface area contributed by atoms with Crippen LogP contribution >= 0.6 is 0 Å². The molecule has 1 aromatic heterocycles. The van der Waals surface area contributed by atoms with E-state index in [1.54, 1.807) is 19.2 Å². The highest BCUT2D eigenvalue weighted by molar-refractivity contribution is 5.94. The summed E-state index contributed by atoms with van der Waals surface area (Å²) in [4.78, 5) is 17.4. The minimum atomic E-state index is 0.0748. The zero-order chi connectivity index (χ0) is 10.7. The summed E-state index contributed by atoms with van der Waals surface area (Å²) in [6, 6.07) is 3.94. The molecule has 0 unspecified atom stereocenters. The van der Waals surface area contributed by atoms with E-state index in [9.17, 15) is 4.79 Å². The summed E-state index contributed by atoms with van der Waals surface area (Å²) in [5.41, 5.74) is 0.711. The van der Waals surface area contributed by atoms with Crippen molar-refractivity contribution >= 4 is 11.6 Å². The van der Waals surface area contributed by atoms with Crippen molar-refractivity contribution in [3.05, 3.63) is 23.9 Å². The lowest BCUT2D eigenvalue weighted by atomic mass is 10.2. The van der Waals surface area contributed by atoms with Crippen LogP contribution in [0, 0.1) is 0 Å². The Labute approximate surface area is 84.8 Å². The second-order valence-corrected chi connectivity index (χ2v) is 3.66. The van der Waals surface area contributed by atoms with Gasteiger partial charge in [0, 0.05) is 24.8 Å². The first kappa shape index (κ1) is 10.7. The normalized spacial score (nSPS) is 10.4. The van der Waals surface area contributed by atoms with Gasteiger partial charge in [-0.05, 0) is 32.9 Å². The van der Waals surface area contributed by atoms with Gasteiger partial charge in [0.1, 0.15) is 5.82 Å². The molecule has 0 aliphatic rings. The van der Waals surface area contributed by atoms with Crippen LogP contribution in [0.15, 0.2) is 18.3 Å². The van der Waals surface area contributed by atoms with Crippen molar-refractivity contribution in [3.63, 3.8) is 0 Å². The monoisotopic (exact) mass is 192 g/mol. The Kier molecular flexibility index (Phi) is 3.23. The SMILES string of the molecule is CC(=O)c1ccnc(N(C)C(C)C)c1. The number of Topliss-reactive ketones (excluding diaryl/α,β-unsaturated/α-hetero) is 1. The van der Waals surface area contributed by atoms with E-state index in [0.717, 1.165) is 5.82 Å². The van der Waals surface area contributed by atoms with Crippen LogP contribution in [-0.2, 0) is 0 Å². The van der Waals surface area contributed by atoms with E-state index < -0.39 is 0 Å². The second-order valence-electron chi connectivity index (χ2n) is 3.66. The minimum Gasteiger partial charge on any atom is -0.357 e. The molecule has 3 nitrogen and oxygen atoms in total. The number of rotatable bonds is 3. The molecular weight excluding hydrogens is 176 g/mol. The van der Waals surface area contributed by atoms with Gasteiger partial charge >= 0.3 is 0 Å². The van der Waals surface area contributed by atoms with Gasteiger partial charge in [0.2, 0.25) is 0 Å². The lowest BCUT2D eigenvalue weighted by Gasteiger charge is -2.22. The summed E-state index contributed by atoms with van der Waals surface area (Å²) in [5.74, 6) is 0.915. The Balaban J connectivity index is 2.99. The summed E-state index contributed by atoms with van der Waals surface area (Å²) >= 11 is 0. The van der Waals surface area contributed by atoms with Gasteiger partial charge in [-0.3, -0.25) is 4.79 Å². The smallest absolute Gasteiger partial charge is 0.159 e. The third kappa shape index (κ3) is 2.31. The first-order valence-corrected chi connectivity index (χ1v) is 4.72. The van der Waals surface area contributed by atoms with Crippen LogP contribution in [0.3, 0.4) is 0 Å². The van der Waals surface area contributed by atoms with Crippen LogP contribution in [0.5, 0.6) is 0 Å². The van der Waals surface area contributed by atoms with Gasteiger partial charge in [-0.25, -0.2) is 4.98 Å². The number of ketones is 1. The molecule has 1 heterocycles. The van der Waals surface area contributed by atoms with Crippen molar-refractivity contribution in [2.45, 2.75) is 26.8 Å². The fourth-order valence-corrected chi connectivity index (χ4v) is 1.09. The molecule has 1 rings (SSSR count). The summed E-state index contributed by atoms with van der Waals surface area (Å²) in [5, 5.41) is 0. The number of hydrogen-bond donors (Lipinski definition) is 0. The average Bonchev–Trinajstić information content (AvgIpc) is 2.16. The predicted molar refractivity (Wildman–Crippen MR) is 57.8 cm³/mol.